The fourth-order valence-corrected chi connectivity index (χ4v) is 1.88. The van der Waals surface area contributed by atoms with Gasteiger partial charge in [-0.05, 0) is 18.1 Å². The van der Waals surface area contributed by atoms with Gasteiger partial charge in [-0.15, -0.1) is 0 Å². The Bertz CT molecular complexity index is 547. The summed E-state index contributed by atoms with van der Waals surface area (Å²) in [5, 5.41) is 8.64. The van der Waals surface area contributed by atoms with Crippen LogP contribution in [0.25, 0.3) is 11.1 Å². The topological polar surface area (TPSA) is 45.1 Å². The number of hydrogen-bond acceptors (Lipinski definition) is 1. The Morgan fingerprint density at radius 1 is 1.00 bits per heavy atom. The standard InChI is InChI=1S/C15H17N2O2/c1-2-16-8-3-13(4-9-16)14-5-10-17(11-6-14)12-7-15(18)19/h3-6,8-11H,2,7,12H2,1H3/q+1/p+1. The van der Waals surface area contributed by atoms with E-state index in [0.717, 1.165) is 17.7 Å². The summed E-state index contributed by atoms with van der Waals surface area (Å²) < 4.78 is 3.99. The first kappa shape index (κ1) is 13.2. The van der Waals surface area contributed by atoms with Gasteiger partial charge in [-0.2, -0.15) is 0 Å². The van der Waals surface area contributed by atoms with E-state index in [-0.39, 0.29) is 6.42 Å². The van der Waals surface area contributed by atoms with Crippen LogP contribution in [0, 0.1) is 0 Å². The molecule has 2 aromatic heterocycles. The van der Waals surface area contributed by atoms with Crippen LogP contribution in [0.3, 0.4) is 0 Å². The van der Waals surface area contributed by atoms with Gasteiger partial charge in [0.15, 0.2) is 31.3 Å². The minimum Gasteiger partial charge on any atom is -0.481 e. The molecule has 2 heterocycles. The molecule has 0 aliphatic rings. The highest BCUT2D eigenvalue weighted by Crippen LogP contribution is 2.15. The monoisotopic (exact) mass is 258 g/mol. The van der Waals surface area contributed by atoms with E-state index in [1.54, 1.807) is 0 Å². The number of nitrogens with zero attached hydrogens (tertiary/aromatic N) is 2. The van der Waals surface area contributed by atoms with Crippen LogP contribution in [0.4, 0.5) is 0 Å². The minimum atomic E-state index is -0.774. The van der Waals surface area contributed by atoms with Gasteiger partial charge in [0.25, 0.3) is 0 Å². The van der Waals surface area contributed by atoms with Crippen LogP contribution in [-0.2, 0) is 17.9 Å². The van der Waals surface area contributed by atoms with E-state index in [4.69, 9.17) is 5.11 Å². The molecule has 0 aromatic carbocycles. The summed E-state index contributed by atoms with van der Waals surface area (Å²) in [4.78, 5) is 10.5. The third kappa shape index (κ3) is 3.61. The molecule has 0 radical (unpaired) electrons. The number of aromatic nitrogens is 2. The van der Waals surface area contributed by atoms with Crippen molar-refractivity contribution in [1.29, 1.82) is 0 Å². The normalized spacial score (nSPS) is 10.4. The third-order valence-corrected chi connectivity index (χ3v) is 3.06. The first-order chi connectivity index (χ1) is 9.19. The minimum absolute atomic E-state index is 0.145. The van der Waals surface area contributed by atoms with Gasteiger partial charge < -0.3 is 5.11 Å². The third-order valence-electron chi connectivity index (χ3n) is 3.06. The van der Waals surface area contributed by atoms with E-state index in [1.807, 2.05) is 29.1 Å². The fourth-order valence-electron chi connectivity index (χ4n) is 1.88. The summed E-state index contributed by atoms with van der Waals surface area (Å²) in [6.45, 7) is 3.57. The van der Waals surface area contributed by atoms with Crippen molar-refractivity contribution in [2.24, 2.45) is 0 Å². The predicted molar refractivity (Wildman–Crippen MR) is 70.2 cm³/mol. The molecule has 0 amide bonds. The first-order valence-electron chi connectivity index (χ1n) is 6.39. The van der Waals surface area contributed by atoms with Crippen LogP contribution >= 0.6 is 0 Å². The van der Waals surface area contributed by atoms with Crippen molar-refractivity contribution in [3.8, 4) is 11.1 Å². The molecule has 0 spiro atoms. The number of carboxylic acid groups (broad SMARTS) is 1. The highest BCUT2D eigenvalue weighted by molar-refractivity contribution is 5.66. The molecular weight excluding hydrogens is 240 g/mol. The lowest BCUT2D eigenvalue weighted by Gasteiger charge is -2.00. The van der Waals surface area contributed by atoms with E-state index in [2.05, 4.69) is 36.0 Å². The average molecular weight is 258 g/mol. The highest BCUT2D eigenvalue weighted by Gasteiger charge is 2.06. The Morgan fingerprint density at radius 2 is 1.47 bits per heavy atom. The first-order valence-corrected chi connectivity index (χ1v) is 6.39. The van der Waals surface area contributed by atoms with Gasteiger partial charge in [0, 0.05) is 24.3 Å². The molecule has 0 unspecified atom stereocenters. The van der Waals surface area contributed by atoms with Crippen molar-refractivity contribution in [1.82, 2.24) is 0 Å². The molecule has 1 N–H and O–H groups in total. The Balaban J connectivity index is 2.10. The van der Waals surface area contributed by atoms with Gasteiger partial charge in [-0.3, -0.25) is 4.79 Å². The lowest BCUT2D eigenvalue weighted by Crippen LogP contribution is -2.33. The SMILES string of the molecule is CC[n+]1ccc(-c2cc[n+](CCC(=O)O)cc2)cc1. The largest absolute Gasteiger partial charge is 0.481 e. The Morgan fingerprint density at radius 3 is 1.89 bits per heavy atom. The maximum Gasteiger partial charge on any atom is 0.309 e. The highest BCUT2D eigenvalue weighted by atomic mass is 16.4. The van der Waals surface area contributed by atoms with Crippen LogP contribution < -0.4 is 9.13 Å². The molecule has 0 saturated carbocycles. The van der Waals surface area contributed by atoms with Gasteiger partial charge in [-0.25, -0.2) is 9.13 Å². The second-order valence-corrected chi connectivity index (χ2v) is 4.39. The van der Waals surface area contributed by atoms with Gasteiger partial charge >= 0.3 is 5.97 Å². The molecule has 0 aliphatic carbocycles. The van der Waals surface area contributed by atoms with Crippen LogP contribution in [0.15, 0.2) is 49.1 Å². The molecule has 4 heteroatoms. The number of hydrogen-bond donors (Lipinski definition) is 1. The molecule has 0 fully saturated rings. The summed E-state index contributed by atoms with van der Waals surface area (Å²) in [5.74, 6) is -0.774. The quantitative estimate of drug-likeness (QED) is 0.824. The van der Waals surface area contributed by atoms with Crippen LogP contribution in [-0.4, -0.2) is 11.1 Å². The van der Waals surface area contributed by atoms with E-state index in [0.29, 0.717) is 6.54 Å². The maximum absolute atomic E-state index is 10.5. The summed E-state index contributed by atoms with van der Waals surface area (Å²) in [7, 11) is 0. The van der Waals surface area contributed by atoms with E-state index in [1.165, 1.54) is 0 Å². The molecule has 0 aliphatic heterocycles. The lowest BCUT2D eigenvalue weighted by molar-refractivity contribution is -0.696. The van der Waals surface area contributed by atoms with Crippen LogP contribution in [0.2, 0.25) is 0 Å². The molecular formula is C15H18N2O2+2. The lowest BCUT2D eigenvalue weighted by atomic mass is 10.1. The van der Waals surface area contributed by atoms with Crippen molar-refractivity contribution >= 4 is 5.97 Å². The summed E-state index contributed by atoms with van der Waals surface area (Å²) >= 11 is 0. The number of pyridine rings is 2. The zero-order valence-corrected chi connectivity index (χ0v) is 11.0. The van der Waals surface area contributed by atoms with E-state index in [9.17, 15) is 4.79 Å². The van der Waals surface area contributed by atoms with Gasteiger partial charge in [0.2, 0.25) is 0 Å². The average Bonchev–Trinajstić information content (AvgIpc) is 2.46. The second kappa shape index (κ2) is 6.09. The molecule has 0 atom stereocenters. The maximum atomic E-state index is 10.5. The van der Waals surface area contributed by atoms with Gasteiger partial charge in [0.1, 0.15) is 13.0 Å². The number of aliphatic carboxylic acids is 1. The molecule has 98 valence electrons. The molecule has 2 rings (SSSR count). The Labute approximate surface area is 112 Å². The number of carbonyl (C=O) groups is 1. The van der Waals surface area contributed by atoms with Crippen molar-refractivity contribution in [3.63, 3.8) is 0 Å². The zero-order chi connectivity index (χ0) is 13.7. The molecule has 0 bridgehead atoms. The van der Waals surface area contributed by atoms with Crippen molar-refractivity contribution in [2.45, 2.75) is 26.4 Å². The van der Waals surface area contributed by atoms with Crippen LogP contribution in [0.1, 0.15) is 13.3 Å². The predicted octanol–water partition coefficient (Wildman–Crippen LogP) is 1.42. The number of carboxylic acids is 1. The molecule has 2 aromatic rings. The van der Waals surface area contributed by atoms with Crippen LogP contribution in [0.5, 0.6) is 0 Å². The van der Waals surface area contributed by atoms with Gasteiger partial charge in [0.05, 0.1) is 0 Å². The fraction of sp³-hybridized carbons (Fsp3) is 0.267. The Kier molecular flexibility index (Phi) is 4.23. The number of aryl methyl sites for hydroxylation is 2. The van der Waals surface area contributed by atoms with Crippen molar-refractivity contribution < 1.29 is 19.0 Å². The second-order valence-electron chi connectivity index (χ2n) is 4.39. The van der Waals surface area contributed by atoms with E-state index >= 15 is 0 Å². The summed E-state index contributed by atoms with van der Waals surface area (Å²) in [6.07, 6.45) is 8.09. The van der Waals surface area contributed by atoms with Crippen molar-refractivity contribution in [3.05, 3.63) is 49.1 Å². The summed E-state index contributed by atoms with van der Waals surface area (Å²) in [5.41, 5.74) is 2.30. The summed E-state index contributed by atoms with van der Waals surface area (Å²) in [6, 6.07) is 8.18. The van der Waals surface area contributed by atoms with Crippen molar-refractivity contribution in [2.75, 3.05) is 0 Å². The molecule has 19 heavy (non-hydrogen) atoms. The molecule has 0 saturated heterocycles. The Hall–Kier alpha value is -2.23. The zero-order valence-electron chi connectivity index (χ0n) is 11.0. The number of rotatable bonds is 5. The van der Waals surface area contributed by atoms with E-state index < -0.39 is 5.97 Å². The van der Waals surface area contributed by atoms with Gasteiger partial charge in [-0.1, -0.05) is 0 Å². The molecule has 4 nitrogen and oxygen atoms in total. The smallest absolute Gasteiger partial charge is 0.309 e.